The van der Waals surface area contributed by atoms with E-state index in [1.807, 2.05) is 12.1 Å². The minimum atomic E-state index is -0.306. The number of carbonyl (C=O) groups is 1. The summed E-state index contributed by atoms with van der Waals surface area (Å²) in [6.45, 7) is 8.76. The molecule has 0 spiro atoms. The Morgan fingerprint density at radius 3 is 2.33 bits per heavy atom. The molecule has 0 atom stereocenters. The number of nitrogens with one attached hydrogen (secondary N) is 2. The van der Waals surface area contributed by atoms with Crippen molar-refractivity contribution in [2.75, 3.05) is 12.4 Å². The van der Waals surface area contributed by atoms with Crippen LogP contribution in [0.1, 0.15) is 46.1 Å². The molecule has 1 aliphatic rings. The van der Waals surface area contributed by atoms with Gasteiger partial charge in [-0.3, -0.25) is 0 Å². The highest BCUT2D eigenvalue weighted by atomic mass is 19.1. The molecule has 30 heavy (non-hydrogen) atoms. The topological polar surface area (TPSA) is 53.6 Å². The molecule has 0 aromatic heterocycles. The van der Waals surface area contributed by atoms with E-state index in [-0.39, 0.29) is 35.5 Å². The molecule has 0 unspecified atom stereocenters. The lowest BCUT2D eigenvalue weighted by Crippen LogP contribution is -2.63. The Morgan fingerprint density at radius 2 is 1.70 bits per heavy atom. The largest absolute Gasteiger partial charge is 0.495 e. The predicted molar refractivity (Wildman–Crippen MR) is 118 cm³/mol. The van der Waals surface area contributed by atoms with E-state index in [0.717, 1.165) is 12.8 Å². The fourth-order valence-electron chi connectivity index (χ4n) is 4.60. The maximum absolute atomic E-state index is 14.4. The summed E-state index contributed by atoms with van der Waals surface area (Å²) >= 11 is 0. The van der Waals surface area contributed by atoms with Crippen molar-refractivity contribution in [3.05, 3.63) is 59.9 Å². The average molecular weight is 414 g/mol. The van der Waals surface area contributed by atoms with Crippen LogP contribution < -0.4 is 15.4 Å². The van der Waals surface area contributed by atoms with Crippen molar-refractivity contribution in [3.63, 3.8) is 0 Å². The molecule has 0 aliphatic carbocycles. The van der Waals surface area contributed by atoms with Gasteiger partial charge in [0, 0.05) is 22.7 Å². The molecule has 2 aromatic carbocycles. The van der Waals surface area contributed by atoms with Crippen LogP contribution in [0, 0.1) is 5.82 Å². The number of halogens is 1. The van der Waals surface area contributed by atoms with E-state index in [0.29, 0.717) is 17.0 Å². The standard InChI is InChI=1S/C24H32FN3O2/c1-23(2)14-18(15-24(3,4)27-23)28(16-17-10-6-7-11-19(17)25)22(29)26-20-12-8-9-13-21(20)30-5/h6-13,18,27H,14-16H2,1-5H3,(H,26,29). The molecule has 1 saturated heterocycles. The molecule has 2 aromatic rings. The monoisotopic (exact) mass is 413 g/mol. The molecule has 0 bridgehead atoms. The fourth-order valence-corrected chi connectivity index (χ4v) is 4.60. The van der Waals surface area contributed by atoms with E-state index in [1.54, 1.807) is 42.3 Å². The van der Waals surface area contributed by atoms with Crippen LogP contribution in [0.25, 0.3) is 0 Å². The lowest BCUT2D eigenvalue weighted by atomic mass is 9.79. The summed E-state index contributed by atoms with van der Waals surface area (Å²) in [6.07, 6.45) is 1.54. The number of para-hydroxylation sites is 2. The van der Waals surface area contributed by atoms with Gasteiger partial charge in [-0.15, -0.1) is 0 Å². The van der Waals surface area contributed by atoms with Crippen molar-refractivity contribution in [2.24, 2.45) is 0 Å². The number of rotatable bonds is 5. The Hall–Kier alpha value is -2.60. The van der Waals surface area contributed by atoms with Crippen molar-refractivity contribution in [1.29, 1.82) is 0 Å². The van der Waals surface area contributed by atoms with Gasteiger partial charge in [0.15, 0.2) is 0 Å². The van der Waals surface area contributed by atoms with Crippen molar-refractivity contribution < 1.29 is 13.9 Å². The number of amides is 2. The van der Waals surface area contributed by atoms with E-state index in [1.165, 1.54) is 6.07 Å². The molecular weight excluding hydrogens is 381 g/mol. The zero-order chi connectivity index (χ0) is 21.9. The SMILES string of the molecule is COc1ccccc1NC(=O)N(Cc1ccccc1F)C1CC(C)(C)NC(C)(C)C1. The third-order valence-electron chi connectivity index (χ3n) is 5.52. The highest BCUT2D eigenvalue weighted by molar-refractivity contribution is 5.91. The molecule has 162 valence electrons. The quantitative estimate of drug-likeness (QED) is 0.710. The van der Waals surface area contributed by atoms with Gasteiger partial charge in [-0.05, 0) is 58.7 Å². The van der Waals surface area contributed by atoms with E-state index in [2.05, 4.69) is 38.3 Å². The number of benzene rings is 2. The van der Waals surface area contributed by atoms with Gasteiger partial charge < -0.3 is 20.3 Å². The second-order valence-corrected chi connectivity index (χ2v) is 9.30. The molecule has 3 rings (SSSR count). The number of anilines is 1. The van der Waals surface area contributed by atoms with Gasteiger partial charge in [-0.25, -0.2) is 9.18 Å². The van der Waals surface area contributed by atoms with Gasteiger partial charge in [0.25, 0.3) is 0 Å². The molecule has 2 N–H and O–H groups in total. The second kappa shape index (κ2) is 8.64. The number of hydrogen-bond donors (Lipinski definition) is 2. The lowest BCUT2D eigenvalue weighted by molar-refractivity contribution is 0.0830. The number of carbonyl (C=O) groups excluding carboxylic acids is 1. The summed E-state index contributed by atoms with van der Waals surface area (Å²) in [5.41, 5.74) is 0.799. The van der Waals surface area contributed by atoms with Crippen LogP contribution in [-0.2, 0) is 6.54 Å². The predicted octanol–water partition coefficient (Wildman–Crippen LogP) is 5.18. The van der Waals surface area contributed by atoms with Gasteiger partial charge in [0.2, 0.25) is 0 Å². The van der Waals surface area contributed by atoms with Crippen LogP contribution in [0.3, 0.4) is 0 Å². The van der Waals surface area contributed by atoms with Crippen molar-refractivity contribution in [3.8, 4) is 5.75 Å². The molecule has 0 radical (unpaired) electrons. The number of nitrogens with zero attached hydrogens (tertiary/aromatic N) is 1. The first-order valence-corrected chi connectivity index (χ1v) is 10.3. The van der Waals surface area contributed by atoms with Crippen molar-refractivity contribution >= 4 is 11.7 Å². The van der Waals surface area contributed by atoms with Gasteiger partial charge in [-0.2, -0.15) is 0 Å². The zero-order valence-electron chi connectivity index (χ0n) is 18.5. The van der Waals surface area contributed by atoms with Gasteiger partial charge in [0.1, 0.15) is 11.6 Å². The highest BCUT2D eigenvalue weighted by Gasteiger charge is 2.41. The highest BCUT2D eigenvalue weighted by Crippen LogP contribution is 2.33. The first-order chi connectivity index (χ1) is 14.1. The molecule has 2 amide bonds. The van der Waals surface area contributed by atoms with E-state index in [9.17, 15) is 9.18 Å². The number of hydrogen-bond acceptors (Lipinski definition) is 3. The van der Waals surface area contributed by atoms with Crippen LogP contribution in [0.2, 0.25) is 0 Å². The summed E-state index contributed by atoms with van der Waals surface area (Å²) in [7, 11) is 1.57. The molecule has 1 aliphatic heterocycles. The summed E-state index contributed by atoms with van der Waals surface area (Å²) in [6, 6.07) is 13.6. The smallest absolute Gasteiger partial charge is 0.322 e. The second-order valence-electron chi connectivity index (χ2n) is 9.30. The van der Waals surface area contributed by atoms with Gasteiger partial charge >= 0.3 is 6.03 Å². The number of methoxy groups -OCH3 is 1. The number of ether oxygens (including phenoxy) is 1. The molecule has 5 nitrogen and oxygen atoms in total. The van der Waals surface area contributed by atoms with Crippen LogP contribution in [0.15, 0.2) is 48.5 Å². The third-order valence-corrected chi connectivity index (χ3v) is 5.52. The Kier molecular flexibility index (Phi) is 6.36. The molecular formula is C24H32FN3O2. The van der Waals surface area contributed by atoms with Gasteiger partial charge in [0.05, 0.1) is 19.3 Å². The number of piperidine rings is 1. The maximum Gasteiger partial charge on any atom is 0.322 e. The molecule has 1 heterocycles. The third kappa shape index (κ3) is 5.30. The summed E-state index contributed by atoms with van der Waals surface area (Å²) in [5, 5.41) is 6.62. The van der Waals surface area contributed by atoms with Crippen LogP contribution in [0.4, 0.5) is 14.9 Å². The van der Waals surface area contributed by atoms with Crippen molar-refractivity contribution in [1.82, 2.24) is 10.2 Å². The summed E-state index contributed by atoms with van der Waals surface area (Å²) in [5.74, 6) is 0.280. The Morgan fingerprint density at radius 1 is 1.10 bits per heavy atom. The average Bonchev–Trinajstić information content (AvgIpc) is 2.65. The first kappa shape index (κ1) is 22.1. The minimum absolute atomic E-state index is 0.0504. The van der Waals surface area contributed by atoms with Crippen LogP contribution >= 0.6 is 0 Å². The summed E-state index contributed by atoms with van der Waals surface area (Å²) in [4.78, 5) is 15.2. The maximum atomic E-state index is 14.4. The van der Waals surface area contributed by atoms with Crippen LogP contribution in [0.5, 0.6) is 5.75 Å². The van der Waals surface area contributed by atoms with E-state index in [4.69, 9.17) is 4.74 Å². The van der Waals surface area contributed by atoms with Crippen LogP contribution in [-0.4, -0.2) is 35.2 Å². The lowest BCUT2D eigenvalue weighted by Gasteiger charge is -2.49. The zero-order valence-corrected chi connectivity index (χ0v) is 18.5. The van der Waals surface area contributed by atoms with Gasteiger partial charge in [-0.1, -0.05) is 30.3 Å². The Labute approximate surface area is 178 Å². The molecule has 1 fully saturated rings. The Balaban J connectivity index is 1.92. The minimum Gasteiger partial charge on any atom is -0.495 e. The fraction of sp³-hybridized carbons (Fsp3) is 0.458. The summed E-state index contributed by atoms with van der Waals surface area (Å²) < 4.78 is 19.8. The normalized spacial score (nSPS) is 17.9. The molecule has 6 heteroatoms. The first-order valence-electron chi connectivity index (χ1n) is 10.3. The molecule has 0 saturated carbocycles. The Bertz CT molecular complexity index is 882. The van der Waals surface area contributed by atoms with E-state index >= 15 is 0 Å². The van der Waals surface area contributed by atoms with Crippen molar-refractivity contribution in [2.45, 2.75) is 64.2 Å². The van der Waals surface area contributed by atoms with E-state index < -0.39 is 0 Å². The number of urea groups is 1.